The number of hydrogen-bond acceptors (Lipinski definition) is 2. The molecule has 2 rings (SSSR count). The molecular formula is C16H18BrNO. The maximum absolute atomic E-state index is 6.27. The Bertz CT molecular complexity index is 528. The van der Waals surface area contributed by atoms with Crippen LogP contribution in [0.15, 0.2) is 53.0 Å². The van der Waals surface area contributed by atoms with Crippen LogP contribution in [0.4, 0.5) is 0 Å². The van der Waals surface area contributed by atoms with Gasteiger partial charge in [0.1, 0.15) is 5.75 Å². The summed E-state index contributed by atoms with van der Waals surface area (Å²) in [4.78, 5) is 0. The smallest absolute Gasteiger partial charge is 0.133 e. The molecule has 0 aliphatic heterocycles. The van der Waals surface area contributed by atoms with Gasteiger partial charge in [-0.15, -0.1) is 0 Å². The highest BCUT2D eigenvalue weighted by atomic mass is 79.9. The molecule has 3 heteroatoms. The van der Waals surface area contributed by atoms with Crippen LogP contribution in [0, 0.1) is 0 Å². The molecule has 0 fully saturated rings. The van der Waals surface area contributed by atoms with E-state index in [4.69, 9.17) is 10.5 Å². The van der Waals surface area contributed by atoms with Gasteiger partial charge in [0.05, 0.1) is 17.1 Å². The van der Waals surface area contributed by atoms with Crippen LogP contribution in [0.2, 0.25) is 0 Å². The summed E-state index contributed by atoms with van der Waals surface area (Å²) in [6.45, 7) is 2.82. The summed E-state index contributed by atoms with van der Waals surface area (Å²) < 4.78 is 6.59. The van der Waals surface area contributed by atoms with E-state index in [1.165, 1.54) is 0 Å². The van der Waals surface area contributed by atoms with Crippen molar-refractivity contribution in [3.8, 4) is 5.75 Å². The minimum atomic E-state index is -0.113. The third kappa shape index (κ3) is 3.58. The van der Waals surface area contributed by atoms with Gasteiger partial charge in [-0.05, 0) is 45.6 Å². The average Bonchev–Trinajstić information content (AvgIpc) is 2.46. The van der Waals surface area contributed by atoms with E-state index in [9.17, 15) is 0 Å². The second-order valence-corrected chi connectivity index (χ2v) is 5.28. The Labute approximate surface area is 122 Å². The summed E-state index contributed by atoms with van der Waals surface area (Å²) in [5, 5.41) is 0. The van der Waals surface area contributed by atoms with Crippen molar-refractivity contribution >= 4 is 15.9 Å². The minimum Gasteiger partial charge on any atom is -0.492 e. The molecule has 0 amide bonds. The van der Waals surface area contributed by atoms with E-state index >= 15 is 0 Å². The average molecular weight is 320 g/mol. The van der Waals surface area contributed by atoms with E-state index in [-0.39, 0.29) is 6.04 Å². The quantitative estimate of drug-likeness (QED) is 0.892. The lowest BCUT2D eigenvalue weighted by Crippen LogP contribution is -2.11. The molecule has 0 aliphatic rings. The van der Waals surface area contributed by atoms with Gasteiger partial charge in [0.25, 0.3) is 0 Å². The molecule has 0 aliphatic carbocycles. The highest BCUT2D eigenvalue weighted by Crippen LogP contribution is 2.29. The molecule has 2 aromatic carbocycles. The molecule has 1 atom stereocenters. The lowest BCUT2D eigenvalue weighted by Gasteiger charge is -2.14. The van der Waals surface area contributed by atoms with E-state index < -0.39 is 0 Å². The van der Waals surface area contributed by atoms with Crippen molar-refractivity contribution in [3.05, 3.63) is 64.1 Å². The SMILES string of the molecule is CCCOc1ccc(C(N)c2ccccc2)cc1Br. The van der Waals surface area contributed by atoms with Crippen molar-refractivity contribution in [2.75, 3.05) is 6.61 Å². The summed E-state index contributed by atoms with van der Waals surface area (Å²) in [6.07, 6.45) is 0.998. The fraction of sp³-hybridized carbons (Fsp3) is 0.250. The first-order valence-electron chi connectivity index (χ1n) is 6.45. The van der Waals surface area contributed by atoms with Crippen LogP contribution >= 0.6 is 15.9 Å². The van der Waals surface area contributed by atoms with Crippen LogP contribution < -0.4 is 10.5 Å². The Balaban J connectivity index is 2.20. The largest absolute Gasteiger partial charge is 0.492 e. The fourth-order valence-corrected chi connectivity index (χ4v) is 2.40. The van der Waals surface area contributed by atoms with Gasteiger partial charge in [0.2, 0.25) is 0 Å². The third-order valence-electron chi connectivity index (χ3n) is 2.94. The highest BCUT2D eigenvalue weighted by Gasteiger charge is 2.10. The van der Waals surface area contributed by atoms with E-state index in [2.05, 4.69) is 22.9 Å². The predicted octanol–water partition coefficient (Wildman–Crippen LogP) is 4.29. The van der Waals surface area contributed by atoms with Gasteiger partial charge in [0.15, 0.2) is 0 Å². The lowest BCUT2D eigenvalue weighted by molar-refractivity contribution is 0.315. The van der Waals surface area contributed by atoms with Crippen LogP contribution in [0.5, 0.6) is 5.75 Å². The highest BCUT2D eigenvalue weighted by molar-refractivity contribution is 9.10. The van der Waals surface area contributed by atoms with Gasteiger partial charge in [0, 0.05) is 0 Å². The Hall–Kier alpha value is -1.32. The first kappa shape index (κ1) is 14.1. The number of hydrogen-bond donors (Lipinski definition) is 1. The molecule has 0 bridgehead atoms. The maximum Gasteiger partial charge on any atom is 0.133 e. The summed E-state index contributed by atoms with van der Waals surface area (Å²) in [5.74, 6) is 0.867. The van der Waals surface area contributed by atoms with Crippen LogP contribution in [0.3, 0.4) is 0 Å². The molecule has 100 valence electrons. The summed E-state index contributed by atoms with van der Waals surface area (Å²) in [5.41, 5.74) is 8.45. The van der Waals surface area contributed by atoms with Gasteiger partial charge in [-0.25, -0.2) is 0 Å². The maximum atomic E-state index is 6.27. The minimum absolute atomic E-state index is 0.113. The molecule has 2 nitrogen and oxygen atoms in total. The van der Waals surface area contributed by atoms with Crippen LogP contribution in [-0.2, 0) is 0 Å². The monoisotopic (exact) mass is 319 g/mol. The first-order chi connectivity index (χ1) is 9.22. The van der Waals surface area contributed by atoms with Gasteiger partial charge < -0.3 is 10.5 Å². The number of benzene rings is 2. The standard InChI is InChI=1S/C16H18BrNO/c1-2-10-19-15-9-8-13(11-14(15)17)16(18)12-6-4-3-5-7-12/h3-9,11,16H,2,10,18H2,1H3. The van der Waals surface area contributed by atoms with Crippen molar-refractivity contribution in [1.82, 2.24) is 0 Å². The molecule has 0 heterocycles. The summed E-state index contributed by atoms with van der Waals surface area (Å²) in [7, 11) is 0. The first-order valence-corrected chi connectivity index (χ1v) is 7.24. The number of ether oxygens (including phenoxy) is 1. The lowest BCUT2D eigenvalue weighted by atomic mass is 10.00. The van der Waals surface area contributed by atoms with Crippen molar-refractivity contribution in [3.63, 3.8) is 0 Å². The molecule has 1 unspecified atom stereocenters. The Morgan fingerprint density at radius 1 is 1.11 bits per heavy atom. The van der Waals surface area contributed by atoms with Gasteiger partial charge in [-0.3, -0.25) is 0 Å². The second kappa shape index (κ2) is 6.73. The van der Waals surface area contributed by atoms with Crippen LogP contribution in [0.1, 0.15) is 30.5 Å². The molecule has 0 saturated heterocycles. The van der Waals surface area contributed by atoms with Crippen LogP contribution in [0.25, 0.3) is 0 Å². The summed E-state index contributed by atoms with van der Waals surface area (Å²) in [6, 6.07) is 16.0. The summed E-state index contributed by atoms with van der Waals surface area (Å²) >= 11 is 3.54. The van der Waals surface area contributed by atoms with E-state index in [0.29, 0.717) is 0 Å². The molecule has 0 saturated carbocycles. The van der Waals surface area contributed by atoms with Gasteiger partial charge in [-0.2, -0.15) is 0 Å². The van der Waals surface area contributed by atoms with E-state index in [1.807, 2.05) is 48.5 Å². The van der Waals surface area contributed by atoms with E-state index in [0.717, 1.165) is 34.4 Å². The van der Waals surface area contributed by atoms with Crippen molar-refractivity contribution < 1.29 is 4.74 Å². The number of nitrogens with two attached hydrogens (primary N) is 1. The predicted molar refractivity (Wildman–Crippen MR) is 82.4 cm³/mol. The zero-order valence-electron chi connectivity index (χ0n) is 11.0. The number of rotatable bonds is 5. The van der Waals surface area contributed by atoms with Crippen molar-refractivity contribution in [2.24, 2.45) is 5.73 Å². The zero-order chi connectivity index (χ0) is 13.7. The van der Waals surface area contributed by atoms with Gasteiger partial charge in [-0.1, -0.05) is 43.3 Å². The number of halogens is 1. The van der Waals surface area contributed by atoms with Crippen LogP contribution in [-0.4, -0.2) is 6.61 Å². The zero-order valence-corrected chi connectivity index (χ0v) is 12.6. The molecule has 0 spiro atoms. The van der Waals surface area contributed by atoms with Crippen molar-refractivity contribution in [2.45, 2.75) is 19.4 Å². The normalized spacial score (nSPS) is 12.2. The molecule has 2 aromatic rings. The molecule has 19 heavy (non-hydrogen) atoms. The molecule has 0 aromatic heterocycles. The third-order valence-corrected chi connectivity index (χ3v) is 3.56. The Morgan fingerprint density at radius 2 is 1.84 bits per heavy atom. The Morgan fingerprint density at radius 3 is 2.47 bits per heavy atom. The van der Waals surface area contributed by atoms with Gasteiger partial charge >= 0.3 is 0 Å². The molecule has 2 N–H and O–H groups in total. The second-order valence-electron chi connectivity index (χ2n) is 4.43. The fourth-order valence-electron chi connectivity index (χ4n) is 1.89. The van der Waals surface area contributed by atoms with Crippen molar-refractivity contribution in [1.29, 1.82) is 0 Å². The topological polar surface area (TPSA) is 35.2 Å². The molecular weight excluding hydrogens is 302 g/mol. The molecule has 0 radical (unpaired) electrons. The van der Waals surface area contributed by atoms with E-state index in [1.54, 1.807) is 0 Å². The Kier molecular flexibility index (Phi) is 5.00.